The molecule has 0 bridgehead atoms. The lowest BCUT2D eigenvalue weighted by molar-refractivity contribution is 0.0978. The van der Waals surface area contributed by atoms with E-state index in [-0.39, 0.29) is 17.5 Å². The van der Waals surface area contributed by atoms with Crippen molar-refractivity contribution in [2.45, 2.75) is 23.8 Å². The molecule has 1 aliphatic heterocycles. The second-order valence-electron chi connectivity index (χ2n) is 4.35. The lowest BCUT2D eigenvalue weighted by atomic mass is 10.2. The second kappa shape index (κ2) is 5.34. The van der Waals surface area contributed by atoms with E-state index in [2.05, 4.69) is 0 Å². The van der Waals surface area contributed by atoms with Gasteiger partial charge in [0.2, 0.25) is 10.0 Å². The van der Waals surface area contributed by atoms with Crippen LogP contribution in [0.1, 0.15) is 12.8 Å². The van der Waals surface area contributed by atoms with Crippen molar-refractivity contribution in [1.29, 1.82) is 0 Å². The first-order valence-corrected chi connectivity index (χ1v) is 7.28. The van der Waals surface area contributed by atoms with Crippen molar-refractivity contribution in [3.8, 4) is 0 Å². The topological polar surface area (TPSA) is 46.6 Å². The van der Waals surface area contributed by atoms with Gasteiger partial charge in [-0.2, -0.15) is 4.31 Å². The predicted octanol–water partition coefficient (Wildman–Crippen LogP) is 1.63. The van der Waals surface area contributed by atoms with Gasteiger partial charge < -0.3 is 4.74 Å². The molecule has 0 saturated carbocycles. The third-order valence-corrected chi connectivity index (χ3v) is 4.87. The first kappa shape index (κ1) is 13.5. The first-order valence-electron chi connectivity index (χ1n) is 5.84. The van der Waals surface area contributed by atoms with Crippen LogP contribution in [-0.2, 0) is 14.8 Å². The van der Waals surface area contributed by atoms with Crippen LogP contribution < -0.4 is 0 Å². The quantitative estimate of drug-likeness (QED) is 0.837. The highest BCUT2D eigenvalue weighted by Gasteiger charge is 2.27. The zero-order chi connectivity index (χ0) is 13.2. The monoisotopic (exact) mass is 273 g/mol. The highest BCUT2D eigenvalue weighted by Crippen LogP contribution is 2.20. The molecule has 0 amide bonds. The largest absolute Gasteiger partial charge is 0.377 e. The zero-order valence-corrected chi connectivity index (χ0v) is 11.0. The van der Waals surface area contributed by atoms with Gasteiger partial charge in [0, 0.05) is 20.2 Å². The highest BCUT2D eigenvalue weighted by molar-refractivity contribution is 7.89. The Morgan fingerprint density at radius 2 is 2.17 bits per heavy atom. The van der Waals surface area contributed by atoms with Crippen LogP contribution >= 0.6 is 0 Å². The molecule has 100 valence electrons. The van der Waals surface area contributed by atoms with Crippen LogP contribution in [0.25, 0.3) is 0 Å². The molecule has 0 aliphatic carbocycles. The molecule has 1 heterocycles. The Labute approximate surface area is 106 Å². The molecule has 0 spiro atoms. The number of ether oxygens (including phenoxy) is 1. The standard InChI is InChI=1S/C12H16FNO3S/c1-14(9-10-5-4-8-17-10)18(15,16)12-7-3-2-6-11(12)13/h2-3,6-7,10H,4-5,8-9H2,1H3. The van der Waals surface area contributed by atoms with E-state index in [9.17, 15) is 12.8 Å². The highest BCUT2D eigenvalue weighted by atomic mass is 32.2. The fourth-order valence-corrected chi connectivity index (χ4v) is 3.26. The third-order valence-electron chi connectivity index (χ3n) is 3.01. The maximum absolute atomic E-state index is 13.5. The van der Waals surface area contributed by atoms with Gasteiger partial charge in [0.1, 0.15) is 10.7 Å². The molecule has 1 aromatic rings. The SMILES string of the molecule is CN(CC1CCCO1)S(=O)(=O)c1ccccc1F. The normalized spacial score (nSPS) is 20.5. The van der Waals surface area contributed by atoms with Crippen molar-refractivity contribution in [1.82, 2.24) is 4.31 Å². The van der Waals surface area contributed by atoms with E-state index in [0.29, 0.717) is 6.61 Å². The van der Waals surface area contributed by atoms with Gasteiger partial charge in [0.05, 0.1) is 6.10 Å². The molecule has 1 atom stereocenters. The summed E-state index contributed by atoms with van der Waals surface area (Å²) in [5.74, 6) is -0.725. The van der Waals surface area contributed by atoms with E-state index >= 15 is 0 Å². The van der Waals surface area contributed by atoms with E-state index < -0.39 is 15.8 Å². The molecule has 18 heavy (non-hydrogen) atoms. The van der Waals surface area contributed by atoms with Crippen molar-refractivity contribution in [3.63, 3.8) is 0 Å². The number of halogens is 1. The van der Waals surface area contributed by atoms with Gasteiger partial charge in [-0.3, -0.25) is 0 Å². The number of hydrogen-bond acceptors (Lipinski definition) is 3. The minimum atomic E-state index is -3.78. The van der Waals surface area contributed by atoms with Crippen molar-refractivity contribution >= 4 is 10.0 Å². The van der Waals surface area contributed by atoms with E-state index in [1.807, 2.05) is 0 Å². The molecule has 1 fully saturated rings. The number of hydrogen-bond donors (Lipinski definition) is 0. The van der Waals surface area contributed by atoms with Crippen LogP contribution in [0.2, 0.25) is 0 Å². The smallest absolute Gasteiger partial charge is 0.245 e. The lowest BCUT2D eigenvalue weighted by Gasteiger charge is -2.20. The van der Waals surface area contributed by atoms with E-state index in [1.165, 1.54) is 25.2 Å². The van der Waals surface area contributed by atoms with E-state index in [4.69, 9.17) is 4.74 Å². The van der Waals surface area contributed by atoms with Gasteiger partial charge in [-0.15, -0.1) is 0 Å². The summed E-state index contributed by atoms with van der Waals surface area (Å²) >= 11 is 0. The summed E-state index contributed by atoms with van der Waals surface area (Å²) in [4.78, 5) is -0.287. The summed E-state index contributed by atoms with van der Waals surface area (Å²) in [7, 11) is -2.33. The van der Waals surface area contributed by atoms with Crippen LogP contribution in [0.3, 0.4) is 0 Å². The minimum Gasteiger partial charge on any atom is -0.377 e. The zero-order valence-electron chi connectivity index (χ0n) is 10.2. The molecule has 1 aromatic carbocycles. The maximum Gasteiger partial charge on any atom is 0.245 e. The predicted molar refractivity (Wildman–Crippen MR) is 65.2 cm³/mol. The van der Waals surface area contributed by atoms with E-state index in [1.54, 1.807) is 0 Å². The fourth-order valence-electron chi connectivity index (χ4n) is 2.00. The van der Waals surface area contributed by atoms with Gasteiger partial charge in [0.25, 0.3) is 0 Å². The molecular formula is C12H16FNO3S. The van der Waals surface area contributed by atoms with Gasteiger partial charge in [-0.05, 0) is 25.0 Å². The second-order valence-corrected chi connectivity index (χ2v) is 6.36. The average molecular weight is 273 g/mol. The van der Waals surface area contributed by atoms with Crippen molar-refractivity contribution in [2.75, 3.05) is 20.2 Å². The molecule has 1 saturated heterocycles. The lowest BCUT2D eigenvalue weighted by Crippen LogP contribution is -2.34. The van der Waals surface area contributed by atoms with Gasteiger partial charge in [-0.25, -0.2) is 12.8 Å². The minimum absolute atomic E-state index is 0.0865. The van der Waals surface area contributed by atoms with Crippen LogP contribution in [0.4, 0.5) is 4.39 Å². The number of sulfonamides is 1. The van der Waals surface area contributed by atoms with Gasteiger partial charge in [0.15, 0.2) is 0 Å². The Hall–Kier alpha value is -0.980. The Bertz CT molecular complexity index is 512. The van der Waals surface area contributed by atoms with Crippen molar-refractivity contribution in [3.05, 3.63) is 30.1 Å². The summed E-state index contributed by atoms with van der Waals surface area (Å²) in [5.41, 5.74) is 0. The van der Waals surface area contributed by atoms with Crippen LogP contribution in [-0.4, -0.2) is 39.0 Å². The van der Waals surface area contributed by atoms with Crippen LogP contribution in [0.5, 0.6) is 0 Å². The Morgan fingerprint density at radius 1 is 1.44 bits per heavy atom. The molecule has 0 aromatic heterocycles. The van der Waals surface area contributed by atoms with Crippen LogP contribution in [0, 0.1) is 5.82 Å². The Balaban J connectivity index is 2.17. The molecule has 0 radical (unpaired) electrons. The first-order chi connectivity index (χ1) is 8.51. The third kappa shape index (κ3) is 2.71. The Morgan fingerprint density at radius 3 is 2.78 bits per heavy atom. The van der Waals surface area contributed by atoms with Gasteiger partial charge in [-0.1, -0.05) is 12.1 Å². The molecule has 1 unspecified atom stereocenters. The summed E-state index contributed by atoms with van der Waals surface area (Å²) in [6, 6.07) is 5.40. The van der Waals surface area contributed by atoms with Crippen molar-refractivity contribution < 1.29 is 17.5 Å². The van der Waals surface area contributed by atoms with Crippen molar-refractivity contribution in [2.24, 2.45) is 0 Å². The number of nitrogens with zero attached hydrogens (tertiary/aromatic N) is 1. The molecule has 1 aliphatic rings. The van der Waals surface area contributed by atoms with Crippen LogP contribution in [0.15, 0.2) is 29.2 Å². The fraction of sp³-hybridized carbons (Fsp3) is 0.500. The molecule has 2 rings (SSSR count). The summed E-state index contributed by atoms with van der Waals surface area (Å²) in [5, 5.41) is 0. The molecule has 6 heteroatoms. The molecule has 4 nitrogen and oxygen atoms in total. The number of likely N-dealkylation sites (N-methyl/N-ethyl adjacent to an activating group) is 1. The van der Waals surface area contributed by atoms with E-state index in [0.717, 1.165) is 23.2 Å². The molecule has 0 N–H and O–H groups in total. The Kier molecular flexibility index (Phi) is 3.99. The maximum atomic E-state index is 13.5. The summed E-state index contributed by atoms with van der Waals surface area (Å²) in [6.07, 6.45) is 1.70. The number of rotatable bonds is 4. The van der Waals surface area contributed by atoms with Gasteiger partial charge >= 0.3 is 0 Å². The summed E-state index contributed by atoms with van der Waals surface area (Å²) in [6.45, 7) is 0.926. The number of benzene rings is 1. The average Bonchev–Trinajstić information content (AvgIpc) is 2.82. The molecular weight excluding hydrogens is 257 g/mol. The summed E-state index contributed by atoms with van der Waals surface area (Å²) < 4.78 is 44.4.